The van der Waals surface area contributed by atoms with Gasteiger partial charge in [-0.25, -0.2) is 9.97 Å². The molecule has 0 aromatic carbocycles. The van der Waals surface area contributed by atoms with Crippen LogP contribution in [0, 0.1) is 6.92 Å². The largest absolute Gasteiger partial charge is 0.368 e. The number of allylic oxidation sites excluding steroid dienone is 3. The van der Waals surface area contributed by atoms with Crippen molar-refractivity contribution in [3.8, 4) is 0 Å². The molecule has 0 saturated carbocycles. The Morgan fingerprint density at radius 2 is 2.00 bits per heavy atom. The first-order chi connectivity index (χ1) is 15.2. The van der Waals surface area contributed by atoms with E-state index in [2.05, 4.69) is 32.1 Å². The molecule has 1 aliphatic carbocycles. The molecule has 3 heterocycles. The van der Waals surface area contributed by atoms with Gasteiger partial charge in [0.15, 0.2) is 5.65 Å². The van der Waals surface area contributed by atoms with E-state index in [0.29, 0.717) is 36.7 Å². The molecule has 2 aromatic heterocycles. The van der Waals surface area contributed by atoms with Gasteiger partial charge in [0.05, 0.1) is 11.1 Å². The zero-order valence-electron chi connectivity index (χ0n) is 19.1. The summed E-state index contributed by atoms with van der Waals surface area (Å²) in [6.45, 7) is 6.76. The Kier molecular flexibility index (Phi) is 6.24. The number of aromatic nitrogens is 4. The Labute approximate surface area is 189 Å². The van der Waals surface area contributed by atoms with E-state index in [1.807, 2.05) is 39.2 Å². The fourth-order valence-electron chi connectivity index (χ4n) is 3.97. The number of hydrogen-bond acceptors (Lipinski definition) is 7. The van der Waals surface area contributed by atoms with Gasteiger partial charge in [-0.05, 0) is 53.3 Å². The van der Waals surface area contributed by atoms with Gasteiger partial charge in [0.25, 0.3) is 0 Å². The molecule has 10 nitrogen and oxygen atoms in total. The highest BCUT2D eigenvalue weighted by Crippen LogP contribution is 2.34. The maximum Gasteiger partial charge on any atom is 0.301 e. The summed E-state index contributed by atoms with van der Waals surface area (Å²) in [6.07, 6.45) is 8.08. The number of rotatable bonds is 8. The second kappa shape index (κ2) is 8.80. The molecule has 1 fully saturated rings. The van der Waals surface area contributed by atoms with Crippen molar-refractivity contribution in [1.29, 1.82) is 0 Å². The SMILES string of the molecule is Cc1n[nH]c2nc(C3(C)C=CC(NS(=O)(=O)N4CCCC4)=CC3)nc(NCCN(C)C)c12. The summed E-state index contributed by atoms with van der Waals surface area (Å²) < 4.78 is 29.3. The zero-order chi connectivity index (χ0) is 22.9. The van der Waals surface area contributed by atoms with Crippen molar-refractivity contribution in [2.24, 2.45) is 0 Å². The predicted octanol–water partition coefficient (Wildman–Crippen LogP) is 1.67. The number of fused-ring (bicyclic) bond motifs is 1. The minimum atomic E-state index is -3.51. The van der Waals surface area contributed by atoms with E-state index in [9.17, 15) is 8.42 Å². The zero-order valence-corrected chi connectivity index (χ0v) is 20.0. The number of nitrogens with one attached hydrogen (secondary N) is 3. The molecule has 1 atom stereocenters. The van der Waals surface area contributed by atoms with Crippen LogP contribution in [-0.2, 0) is 15.6 Å². The summed E-state index contributed by atoms with van der Waals surface area (Å²) >= 11 is 0. The number of H-pyrrole nitrogens is 1. The lowest BCUT2D eigenvalue weighted by atomic mass is 9.82. The predicted molar refractivity (Wildman–Crippen MR) is 126 cm³/mol. The van der Waals surface area contributed by atoms with Crippen molar-refractivity contribution in [3.05, 3.63) is 35.4 Å². The topological polar surface area (TPSA) is 119 Å². The molecular weight excluding hydrogens is 428 g/mol. The van der Waals surface area contributed by atoms with E-state index in [1.54, 1.807) is 0 Å². The minimum Gasteiger partial charge on any atom is -0.368 e. The van der Waals surface area contributed by atoms with Crippen molar-refractivity contribution in [3.63, 3.8) is 0 Å². The fourth-order valence-corrected chi connectivity index (χ4v) is 5.29. The van der Waals surface area contributed by atoms with Crippen LogP contribution in [0.5, 0.6) is 0 Å². The Hall–Kier alpha value is -2.50. The molecule has 11 heteroatoms. The van der Waals surface area contributed by atoms with Gasteiger partial charge in [-0.15, -0.1) is 0 Å². The number of likely N-dealkylation sites (N-methyl/N-ethyl adjacent to an activating group) is 1. The summed E-state index contributed by atoms with van der Waals surface area (Å²) in [5.74, 6) is 1.42. The lowest BCUT2D eigenvalue weighted by Gasteiger charge is -2.28. The molecule has 0 spiro atoms. The van der Waals surface area contributed by atoms with Crippen molar-refractivity contribution >= 4 is 27.1 Å². The maximum atomic E-state index is 12.6. The van der Waals surface area contributed by atoms with Crippen molar-refractivity contribution in [2.45, 2.75) is 38.5 Å². The molecule has 2 aliphatic rings. The van der Waals surface area contributed by atoms with Crippen molar-refractivity contribution in [1.82, 2.24) is 34.1 Å². The molecule has 0 amide bonds. The fraction of sp³-hybridized carbons (Fsp3) is 0.571. The first-order valence-electron chi connectivity index (χ1n) is 11.0. The van der Waals surface area contributed by atoms with Crippen LogP contribution in [0.25, 0.3) is 11.0 Å². The molecule has 2 aromatic rings. The van der Waals surface area contributed by atoms with E-state index in [-0.39, 0.29) is 0 Å². The second-order valence-electron chi connectivity index (χ2n) is 8.99. The molecule has 1 unspecified atom stereocenters. The van der Waals surface area contributed by atoms with Gasteiger partial charge >= 0.3 is 10.2 Å². The van der Waals surface area contributed by atoms with E-state index < -0.39 is 15.6 Å². The molecule has 4 rings (SSSR count). The van der Waals surface area contributed by atoms with Crippen LogP contribution in [-0.4, -0.2) is 78.1 Å². The van der Waals surface area contributed by atoms with Gasteiger partial charge in [-0.2, -0.15) is 17.8 Å². The van der Waals surface area contributed by atoms with Crippen LogP contribution in [0.3, 0.4) is 0 Å². The number of hydrogen-bond donors (Lipinski definition) is 3. The van der Waals surface area contributed by atoms with Crippen LogP contribution < -0.4 is 10.0 Å². The number of anilines is 1. The van der Waals surface area contributed by atoms with Gasteiger partial charge in [0.1, 0.15) is 11.6 Å². The highest BCUT2D eigenvalue weighted by atomic mass is 32.2. The summed E-state index contributed by atoms with van der Waals surface area (Å²) in [7, 11) is 0.552. The van der Waals surface area contributed by atoms with E-state index in [0.717, 1.165) is 42.8 Å². The van der Waals surface area contributed by atoms with Gasteiger partial charge in [0, 0.05) is 37.3 Å². The van der Waals surface area contributed by atoms with Crippen LogP contribution >= 0.6 is 0 Å². The molecular formula is C21H32N8O2S. The summed E-state index contributed by atoms with van der Waals surface area (Å²) in [5.41, 5.74) is 1.66. The minimum absolute atomic E-state index is 0.465. The van der Waals surface area contributed by atoms with Gasteiger partial charge in [0.2, 0.25) is 0 Å². The van der Waals surface area contributed by atoms with Crippen LogP contribution in [0.15, 0.2) is 23.9 Å². The Morgan fingerprint density at radius 1 is 1.25 bits per heavy atom. The molecule has 1 aliphatic heterocycles. The lowest BCUT2D eigenvalue weighted by Crippen LogP contribution is -2.38. The summed E-state index contributed by atoms with van der Waals surface area (Å²) in [4.78, 5) is 11.7. The van der Waals surface area contributed by atoms with Crippen LogP contribution in [0.2, 0.25) is 0 Å². The Balaban J connectivity index is 1.56. The summed E-state index contributed by atoms with van der Waals surface area (Å²) in [6, 6.07) is 0. The average molecular weight is 461 g/mol. The first kappa shape index (κ1) is 22.7. The van der Waals surface area contributed by atoms with Gasteiger partial charge in [-0.1, -0.05) is 12.2 Å². The summed E-state index contributed by atoms with van der Waals surface area (Å²) in [5, 5.41) is 11.6. The smallest absolute Gasteiger partial charge is 0.301 e. The number of nitrogens with zero attached hydrogens (tertiary/aromatic N) is 5. The van der Waals surface area contributed by atoms with Gasteiger partial charge < -0.3 is 10.2 Å². The molecule has 0 radical (unpaired) electrons. The number of aromatic amines is 1. The first-order valence-corrected chi connectivity index (χ1v) is 12.4. The lowest BCUT2D eigenvalue weighted by molar-refractivity contribution is 0.425. The molecule has 1 saturated heterocycles. The molecule has 3 N–H and O–H groups in total. The third-order valence-electron chi connectivity index (χ3n) is 5.99. The highest BCUT2D eigenvalue weighted by Gasteiger charge is 2.32. The number of aryl methyl sites for hydroxylation is 1. The van der Waals surface area contributed by atoms with Crippen LogP contribution in [0.1, 0.15) is 37.7 Å². The van der Waals surface area contributed by atoms with Crippen molar-refractivity contribution in [2.75, 3.05) is 45.6 Å². The quantitative estimate of drug-likeness (QED) is 0.548. The Bertz CT molecular complexity index is 1150. The van der Waals surface area contributed by atoms with Gasteiger partial charge in [-0.3, -0.25) is 9.82 Å². The van der Waals surface area contributed by atoms with E-state index >= 15 is 0 Å². The normalized spacial score (nSPS) is 22.0. The molecule has 174 valence electrons. The third-order valence-corrected chi connectivity index (χ3v) is 7.53. The maximum absolute atomic E-state index is 12.6. The highest BCUT2D eigenvalue weighted by molar-refractivity contribution is 7.87. The monoisotopic (exact) mass is 460 g/mol. The Morgan fingerprint density at radius 3 is 2.66 bits per heavy atom. The third kappa shape index (κ3) is 4.64. The molecule has 0 bridgehead atoms. The second-order valence-corrected chi connectivity index (χ2v) is 10.7. The van der Waals surface area contributed by atoms with E-state index in [1.165, 1.54) is 4.31 Å². The van der Waals surface area contributed by atoms with E-state index in [4.69, 9.17) is 9.97 Å². The van der Waals surface area contributed by atoms with Crippen molar-refractivity contribution < 1.29 is 8.42 Å². The van der Waals surface area contributed by atoms with Crippen LogP contribution in [0.4, 0.5) is 5.82 Å². The standard InChI is InChI=1S/C21H32N8O2S/c1-15-17-18(22-11-14-28(3)4)23-20(24-19(17)26-25-15)21(2)9-7-16(8-10-21)27-32(30,31)29-12-5-6-13-29/h7-9,27H,5-6,10-14H2,1-4H3,(H2,22,23,24,25,26). The molecule has 32 heavy (non-hydrogen) atoms. The average Bonchev–Trinajstić information content (AvgIpc) is 3.40.